The quantitative estimate of drug-likeness (QED) is 0.229. The molecule has 34 heavy (non-hydrogen) atoms. The summed E-state index contributed by atoms with van der Waals surface area (Å²) in [5, 5.41) is 2.51. The molecule has 1 fully saturated rings. The molecule has 1 atom stereocenters. The number of amides is 1. The van der Waals surface area contributed by atoms with E-state index < -0.39 is 24.7 Å². The van der Waals surface area contributed by atoms with Crippen LogP contribution < -0.4 is 21.7 Å². The summed E-state index contributed by atoms with van der Waals surface area (Å²) in [5.74, 6) is -0.249. The van der Waals surface area contributed by atoms with Crippen LogP contribution in [0, 0.1) is 0 Å². The molecule has 3 rings (SSSR count). The van der Waals surface area contributed by atoms with Gasteiger partial charge in [-0.05, 0) is 55.4 Å². The van der Waals surface area contributed by atoms with Gasteiger partial charge in [0.2, 0.25) is 5.91 Å². The molecule has 0 radical (unpaired) electrons. The predicted molar refractivity (Wildman–Crippen MR) is 123 cm³/mol. The van der Waals surface area contributed by atoms with Gasteiger partial charge in [0.15, 0.2) is 11.0 Å². The molecule has 0 aliphatic carbocycles. The monoisotopic (exact) mass is 497 g/mol. The third-order valence-corrected chi connectivity index (χ3v) is 5.33. The van der Waals surface area contributed by atoms with Gasteiger partial charge in [-0.25, -0.2) is 19.4 Å². The maximum absolute atomic E-state index is 13.7. The number of carbonyl (C=O) groups excluding carboxylic acids is 1. The number of nitrogens with one attached hydrogen (secondary N) is 1. The number of halogens is 4. The molecule has 1 aliphatic rings. The Kier molecular flexibility index (Phi) is 7.97. The molecule has 5 N–H and O–H groups in total. The van der Waals surface area contributed by atoms with Crippen LogP contribution in [0.25, 0.3) is 0 Å². The molecule has 2 heterocycles. The van der Waals surface area contributed by atoms with Crippen LogP contribution in [-0.4, -0.2) is 47.1 Å². The zero-order valence-corrected chi connectivity index (χ0v) is 19.0. The lowest BCUT2D eigenvalue weighted by Gasteiger charge is -2.17. The molecule has 1 amide bonds. The Morgan fingerprint density at radius 2 is 2.00 bits per heavy atom. The number of nitrogens with two attached hydrogens (primary N) is 2. The van der Waals surface area contributed by atoms with Crippen LogP contribution in [0.1, 0.15) is 19.8 Å². The minimum Gasteiger partial charge on any atom is -0.402 e. The summed E-state index contributed by atoms with van der Waals surface area (Å²) in [6.45, 7) is 2.36. The molecule has 0 bridgehead atoms. The molecule has 1 aromatic carbocycles. The largest absolute Gasteiger partial charge is 0.402 e. The first-order chi connectivity index (χ1) is 16.0. The lowest BCUT2D eigenvalue weighted by molar-refractivity contribution is -0.150. The van der Waals surface area contributed by atoms with E-state index in [9.17, 15) is 22.4 Å². The molecular weight excluding hydrogens is 474 g/mol. The Morgan fingerprint density at radius 3 is 2.59 bits per heavy atom. The number of allylic oxidation sites excluding steroid dienone is 1. The highest BCUT2D eigenvalue weighted by molar-refractivity contribution is 7.99. The number of rotatable bonds is 7. The second kappa shape index (κ2) is 10.7. The summed E-state index contributed by atoms with van der Waals surface area (Å²) in [6, 6.07) is 7.76. The molecule has 1 unspecified atom stereocenters. The third kappa shape index (κ3) is 7.90. The van der Waals surface area contributed by atoms with Gasteiger partial charge in [0.25, 0.3) is 0 Å². The molecule has 182 valence electrons. The average Bonchev–Trinajstić information content (AvgIpc) is 3.13. The number of anilines is 2. The summed E-state index contributed by atoms with van der Waals surface area (Å²) < 4.78 is 50.7. The van der Waals surface area contributed by atoms with Crippen LogP contribution in [-0.2, 0) is 4.79 Å². The molecule has 1 aliphatic heterocycles. The number of hydrogen-bond acceptors (Lipinski definition) is 7. The Bertz CT molecular complexity index is 1090. The summed E-state index contributed by atoms with van der Waals surface area (Å²) in [5.41, 5.74) is 12.2. The fourth-order valence-corrected chi connectivity index (χ4v) is 3.85. The van der Waals surface area contributed by atoms with E-state index in [1.54, 1.807) is 30.0 Å². The van der Waals surface area contributed by atoms with Crippen LogP contribution in [0.5, 0.6) is 0 Å². The van der Waals surface area contributed by atoms with Gasteiger partial charge in [0, 0.05) is 28.9 Å². The highest BCUT2D eigenvalue weighted by Gasteiger charge is 2.31. The van der Waals surface area contributed by atoms with Crippen LogP contribution >= 0.6 is 11.8 Å². The van der Waals surface area contributed by atoms with E-state index in [4.69, 9.17) is 11.5 Å². The molecule has 13 heteroatoms. The van der Waals surface area contributed by atoms with Gasteiger partial charge < -0.3 is 21.7 Å². The number of benzene rings is 1. The van der Waals surface area contributed by atoms with E-state index in [2.05, 4.69) is 20.3 Å². The Balaban J connectivity index is 1.80. The van der Waals surface area contributed by atoms with Crippen LogP contribution in [0.4, 0.5) is 34.9 Å². The zero-order chi connectivity index (χ0) is 24.9. The van der Waals surface area contributed by atoms with E-state index >= 15 is 0 Å². The van der Waals surface area contributed by atoms with Gasteiger partial charge in [-0.3, -0.25) is 4.79 Å². The summed E-state index contributed by atoms with van der Waals surface area (Å²) in [4.78, 5) is 27.0. The van der Waals surface area contributed by atoms with Gasteiger partial charge in [0.1, 0.15) is 24.2 Å². The van der Waals surface area contributed by atoms with Crippen molar-refractivity contribution in [1.82, 2.24) is 9.97 Å². The Morgan fingerprint density at radius 1 is 1.29 bits per heavy atom. The number of nitrogens with zero attached hydrogens (tertiary/aromatic N) is 4. The van der Waals surface area contributed by atoms with Gasteiger partial charge in [-0.1, -0.05) is 0 Å². The van der Waals surface area contributed by atoms with Crippen molar-refractivity contribution in [1.29, 1.82) is 0 Å². The summed E-state index contributed by atoms with van der Waals surface area (Å²) in [6.07, 6.45) is -5.23. The van der Waals surface area contributed by atoms with Gasteiger partial charge in [-0.15, -0.1) is 0 Å². The van der Waals surface area contributed by atoms with Gasteiger partial charge >= 0.3 is 6.18 Å². The van der Waals surface area contributed by atoms with E-state index in [0.717, 1.165) is 0 Å². The standard InChI is InChI=1S/C21H23F4N7OS/c1-12(26)8-16(27)29-17-9-18(32-7-6-13(22)11-32)31-20(30-17)34-15-4-2-14(3-5-15)28-19(33)10-21(23,24)25/h2-5,8-9,13H,6-7,10-11,26H2,1H3,(H,28,33)(H2,27,29,30,31). The van der Waals surface area contributed by atoms with Crippen molar-refractivity contribution in [3.05, 3.63) is 42.1 Å². The van der Waals surface area contributed by atoms with Crippen LogP contribution in [0.2, 0.25) is 0 Å². The fourth-order valence-electron chi connectivity index (χ4n) is 3.09. The van der Waals surface area contributed by atoms with Crippen LogP contribution in [0.15, 0.2) is 57.1 Å². The number of aromatic nitrogens is 2. The van der Waals surface area contributed by atoms with Gasteiger partial charge in [0.05, 0.1) is 6.54 Å². The maximum Gasteiger partial charge on any atom is 0.397 e. The second-order valence-electron chi connectivity index (χ2n) is 7.59. The molecule has 2 aromatic rings. The Labute approximate surface area is 197 Å². The smallest absolute Gasteiger partial charge is 0.397 e. The first-order valence-electron chi connectivity index (χ1n) is 10.2. The molecular formula is C21H23F4N7OS. The highest BCUT2D eigenvalue weighted by Crippen LogP contribution is 2.31. The second-order valence-corrected chi connectivity index (χ2v) is 8.63. The van der Waals surface area contributed by atoms with Crippen molar-refractivity contribution in [2.24, 2.45) is 16.5 Å². The highest BCUT2D eigenvalue weighted by atomic mass is 32.2. The minimum atomic E-state index is -4.58. The van der Waals surface area contributed by atoms with Crippen molar-refractivity contribution in [2.75, 3.05) is 23.3 Å². The maximum atomic E-state index is 13.7. The number of aliphatic imine (C=N–C) groups is 1. The lowest BCUT2D eigenvalue weighted by atomic mass is 10.3. The number of hydrogen-bond donors (Lipinski definition) is 3. The van der Waals surface area contributed by atoms with Gasteiger partial charge in [-0.2, -0.15) is 13.2 Å². The van der Waals surface area contributed by atoms with E-state index in [1.165, 1.54) is 30.0 Å². The average molecular weight is 498 g/mol. The normalized spacial score (nSPS) is 17.2. The summed E-state index contributed by atoms with van der Waals surface area (Å²) in [7, 11) is 0. The Hall–Kier alpha value is -3.35. The first-order valence-corrected chi connectivity index (χ1v) is 11.0. The minimum absolute atomic E-state index is 0.143. The predicted octanol–water partition coefficient (Wildman–Crippen LogP) is 3.92. The number of amidine groups is 1. The summed E-state index contributed by atoms with van der Waals surface area (Å²) >= 11 is 1.17. The SMILES string of the molecule is CC(N)=CC(N)=Nc1cc(N2CCC(F)C2)nc(Sc2ccc(NC(=O)CC(F)(F)F)cc2)n1. The van der Waals surface area contributed by atoms with Crippen LogP contribution in [0.3, 0.4) is 0 Å². The van der Waals surface area contributed by atoms with Crippen molar-refractivity contribution < 1.29 is 22.4 Å². The molecule has 1 aromatic heterocycles. The van der Waals surface area contributed by atoms with Crippen molar-refractivity contribution in [2.45, 2.75) is 42.2 Å². The van der Waals surface area contributed by atoms with E-state index in [1.807, 2.05) is 0 Å². The number of carbonyl (C=O) groups is 1. The molecule has 0 spiro atoms. The molecule has 8 nitrogen and oxygen atoms in total. The topological polar surface area (TPSA) is 123 Å². The van der Waals surface area contributed by atoms with Crippen molar-refractivity contribution in [3.63, 3.8) is 0 Å². The van der Waals surface area contributed by atoms with Crippen molar-refractivity contribution in [3.8, 4) is 0 Å². The molecule has 1 saturated heterocycles. The molecule has 0 saturated carbocycles. The first kappa shape index (κ1) is 25.3. The van der Waals surface area contributed by atoms with E-state index in [0.29, 0.717) is 34.5 Å². The third-order valence-electron chi connectivity index (χ3n) is 4.46. The lowest BCUT2D eigenvalue weighted by Crippen LogP contribution is -2.21. The van der Waals surface area contributed by atoms with Crippen molar-refractivity contribution >= 4 is 40.8 Å². The fraction of sp³-hybridized carbons (Fsp3) is 0.333. The van der Waals surface area contributed by atoms with E-state index in [-0.39, 0.29) is 23.9 Å². The number of alkyl halides is 4. The zero-order valence-electron chi connectivity index (χ0n) is 18.1.